The molecule has 186 valence electrons. The monoisotopic (exact) mass is 479 g/mol. The van der Waals surface area contributed by atoms with Gasteiger partial charge in [0.1, 0.15) is 23.8 Å². The Bertz CT molecular complexity index is 1090. The van der Waals surface area contributed by atoms with Crippen molar-refractivity contribution in [3.63, 3.8) is 0 Å². The van der Waals surface area contributed by atoms with Crippen LogP contribution in [-0.2, 0) is 24.9 Å². The van der Waals surface area contributed by atoms with E-state index in [0.717, 1.165) is 11.4 Å². The molecule has 0 atom stereocenters. The second-order valence-electron chi connectivity index (χ2n) is 9.14. The van der Waals surface area contributed by atoms with Gasteiger partial charge in [-0.15, -0.1) is 0 Å². The third-order valence-corrected chi connectivity index (χ3v) is 5.04. The summed E-state index contributed by atoms with van der Waals surface area (Å²) in [5.41, 5.74) is 0.854. The predicted molar refractivity (Wildman–Crippen MR) is 132 cm³/mol. The molecule has 1 aromatic carbocycles. The summed E-state index contributed by atoms with van der Waals surface area (Å²) >= 11 is 0. The van der Waals surface area contributed by atoms with E-state index in [2.05, 4.69) is 15.3 Å². The Morgan fingerprint density at radius 2 is 1.89 bits per heavy atom. The molecule has 0 radical (unpaired) electrons. The molecule has 0 bridgehead atoms. The number of amides is 2. The minimum Gasteiger partial charge on any atom is -0.486 e. The maximum atomic E-state index is 12.7. The van der Waals surface area contributed by atoms with E-state index in [-0.39, 0.29) is 5.91 Å². The lowest BCUT2D eigenvalue weighted by molar-refractivity contribution is 0.0232. The van der Waals surface area contributed by atoms with E-state index < -0.39 is 11.7 Å². The van der Waals surface area contributed by atoms with Crippen molar-refractivity contribution in [3.8, 4) is 5.75 Å². The molecular weight excluding hydrogens is 446 g/mol. The number of hydrogen-bond acceptors (Lipinski definition) is 6. The van der Waals surface area contributed by atoms with Crippen LogP contribution in [0.25, 0.3) is 0 Å². The van der Waals surface area contributed by atoms with Crippen LogP contribution in [0, 0.1) is 0 Å². The summed E-state index contributed by atoms with van der Waals surface area (Å²) < 4.78 is 13.2. The number of hydrogen-bond donors (Lipinski definition) is 1. The molecule has 0 saturated carbocycles. The number of benzene rings is 1. The Morgan fingerprint density at radius 1 is 1.11 bits per heavy atom. The van der Waals surface area contributed by atoms with E-state index in [0.29, 0.717) is 44.0 Å². The predicted octanol–water partition coefficient (Wildman–Crippen LogP) is 3.95. The largest absolute Gasteiger partial charge is 0.486 e. The number of nitrogens with zero attached hydrogens (tertiary/aromatic N) is 4. The van der Waals surface area contributed by atoms with Crippen molar-refractivity contribution in [2.45, 2.75) is 45.9 Å². The molecule has 35 heavy (non-hydrogen) atoms. The van der Waals surface area contributed by atoms with Gasteiger partial charge in [0.15, 0.2) is 0 Å². The summed E-state index contributed by atoms with van der Waals surface area (Å²) in [5, 5.41) is 2.90. The van der Waals surface area contributed by atoms with Crippen molar-refractivity contribution in [2.24, 2.45) is 7.05 Å². The van der Waals surface area contributed by atoms with Gasteiger partial charge < -0.3 is 24.3 Å². The van der Waals surface area contributed by atoms with E-state index in [9.17, 15) is 9.59 Å². The van der Waals surface area contributed by atoms with Gasteiger partial charge in [-0.05, 0) is 63.1 Å². The van der Waals surface area contributed by atoms with E-state index >= 15 is 0 Å². The molecule has 3 rings (SSSR count). The molecular formula is C26H33N5O4. The summed E-state index contributed by atoms with van der Waals surface area (Å²) in [6, 6.07) is 10.7. The fraction of sp³-hybridized carbons (Fsp3) is 0.385. The molecule has 9 heteroatoms. The average Bonchev–Trinajstić information content (AvgIpc) is 3.24. The number of carbonyl (C=O) groups excluding carboxylic acids is 2. The molecule has 3 aromatic rings. The fourth-order valence-corrected chi connectivity index (χ4v) is 3.23. The number of imidazole rings is 1. The maximum Gasteiger partial charge on any atom is 0.410 e. The minimum atomic E-state index is -0.592. The number of aromatic nitrogens is 3. The van der Waals surface area contributed by atoms with Crippen LogP contribution >= 0.6 is 0 Å². The first-order valence-electron chi connectivity index (χ1n) is 11.6. The van der Waals surface area contributed by atoms with Crippen LogP contribution in [0.4, 0.5) is 4.79 Å². The second-order valence-corrected chi connectivity index (χ2v) is 9.14. The van der Waals surface area contributed by atoms with Crippen molar-refractivity contribution in [3.05, 3.63) is 78.1 Å². The van der Waals surface area contributed by atoms with Crippen molar-refractivity contribution < 1.29 is 19.1 Å². The number of pyridine rings is 1. The van der Waals surface area contributed by atoms with Crippen LogP contribution in [0.3, 0.4) is 0 Å². The third-order valence-electron chi connectivity index (χ3n) is 5.04. The highest BCUT2D eigenvalue weighted by molar-refractivity contribution is 5.94. The Hall–Kier alpha value is -3.88. The molecule has 2 heterocycles. The molecule has 0 aliphatic rings. The molecule has 2 aromatic heterocycles. The fourth-order valence-electron chi connectivity index (χ4n) is 3.23. The lowest BCUT2D eigenvalue weighted by Gasteiger charge is -2.27. The van der Waals surface area contributed by atoms with E-state index in [4.69, 9.17) is 9.47 Å². The summed E-state index contributed by atoms with van der Waals surface area (Å²) in [6.07, 6.45) is 7.18. The molecule has 0 aliphatic carbocycles. The van der Waals surface area contributed by atoms with Gasteiger partial charge in [-0.2, -0.15) is 0 Å². The van der Waals surface area contributed by atoms with Crippen molar-refractivity contribution in [1.82, 2.24) is 24.8 Å². The number of rotatable bonds is 10. The molecule has 2 amide bonds. The van der Waals surface area contributed by atoms with Crippen LogP contribution in [0.2, 0.25) is 0 Å². The smallest absolute Gasteiger partial charge is 0.410 e. The number of nitrogens with one attached hydrogen (secondary N) is 1. The standard InChI is InChI=1S/C26H33N5O4/c1-26(2,3)35-25(33)31(18-20-7-5-12-27-17-20)15-6-13-29-24(32)21-8-10-22(11-9-21)34-19-23-28-14-16-30(23)4/h5,7-12,14,16-17H,6,13,15,18-19H2,1-4H3,(H,29,32). The van der Waals surface area contributed by atoms with Gasteiger partial charge in [-0.3, -0.25) is 9.78 Å². The lowest BCUT2D eigenvalue weighted by Crippen LogP contribution is -2.38. The zero-order valence-electron chi connectivity index (χ0n) is 20.7. The Kier molecular flexibility index (Phi) is 8.83. The highest BCUT2D eigenvalue weighted by atomic mass is 16.6. The molecule has 9 nitrogen and oxygen atoms in total. The summed E-state index contributed by atoms with van der Waals surface area (Å²) in [5.74, 6) is 1.29. The SMILES string of the molecule is Cn1ccnc1COc1ccc(C(=O)NCCCN(Cc2cccnc2)C(=O)OC(C)(C)C)cc1. The topological polar surface area (TPSA) is 98.6 Å². The maximum absolute atomic E-state index is 12.7. The Balaban J connectivity index is 1.47. The van der Waals surface area contributed by atoms with Gasteiger partial charge in [0, 0.05) is 50.5 Å². The average molecular weight is 480 g/mol. The highest BCUT2D eigenvalue weighted by Gasteiger charge is 2.22. The van der Waals surface area contributed by atoms with Gasteiger partial charge in [0.25, 0.3) is 5.91 Å². The number of carbonyl (C=O) groups is 2. The van der Waals surface area contributed by atoms with Crippen molar-refractivity contribution >= 4 is 12.0 Å². The molecule has 0 fully saturated rings. The van der Waals surface area contributed by atoms with Gasteiger partial charge in [0.05, 0.1) is 6.54 Å². The first-order chi connectivity index (χ1) is 16.7. The number of ether oxygens (including phenoxy) is 2. The highest BCUT2D eigenvalue weighted by Crippen LogP contribution is 2.15. The first-order valence-corrected chi connectivity index (χ1v) is 11.6. The lowest BCUT2D eigenvalue weighted by atomic mass is 10.2. The van der Waals surface area contributed by atoms with E-state index in [1.165, 1.54) is 0 Å². The molecule has 0 spiro atoms. The van der Waals surface area contributed by atoms with Crippen molar-refractivity contribution in [1.29, 1.82) is 0 Å². The van der Waals surface area contributed by atoms with Crippen LogP contribution in [0.5, 0.6) is 5.75 Å². The molecule has 0 aliphatic heterocycles. The van der Waals surface area contributed by atoms with Gasteiger partial charge in [-0.1, -0.05) is 6.07 Å². The van der Waals surface area contributed by atoms with Crippen LogP contribution in [0.1, 0.15) is 48.9 Å². The summed E-state index contributed by atoms with van der Waals surface area (Å²) in [4.78, 5) is 35.2. The molecule has 0 saturated heterocycles. The normalized spacial score (nSPS) is 11.1. The second kappa shape index (κ2) is 12.0. The Labute approximate surface area is 206 Å². The first kappa shape index (κ1) is 25.7. The van der Waals surface area contributed by atoms with Gasteiger partial charge in [0.2, 0.25) is 0 Å². The van der Waals surface area contributed by atoms with Gasteiger partial charge >= 0.3 is 6.09 Å². The van der Waals surface area contributed by atoms with Crippen LogP contribution in [-0.4, -0.2) is 50.1 Å². The number of aryl methyl sites for hydroxylation is 1. The van der Waals surface area contributed by atoms with Crippen LogP contribution < -0.4 is 10.1 Å². The summed E-state index contributed by atoms with van der Waals surface area (Å²) in [6.45, 7) is 7.10. The van der Waals surface area contributed by atoms with Crippen molar-refractivity contribution in [2.75, 3.05) is 13.1 Å². The van der Waals surface area contributed by atoms with Crippen LogP contribution in [0.15, 0.2) is 61.2 Å². The zero-order chi connectivity index (χ0) is 25.3. The zero-order valence-corrected chi connectivity index (χ0v) is 20.7. The molecule has 0 unspecified atom stereocenters. The quantitative estimate of drug-likeness (QED) is 0.442. The molecule has 1 N–H and O–H groups in total. The third kappa shape index (κ3) is 8.44. The van der Waals surface area contributed by atoms with E-state index in [1.807, 2.05) is 50.7 Å². The van der Waals surface area contributed by atoms with E-state index in [1.54, 1.807) is 47.8 Å². The van der Waals surface area contributed by atoms with Gasteiger partial charge in [-0.25, -0.2) is 9.78 Å². The minimum absolute atomic E-state index is 0.184. The Morgan fingerprint density at radius 3 is 2.51 bits per heavy atom. The summed E-state index contributed by atoms with van der Waals surface area (Å²) in [7, 11) is 1.91.